The van der Waals surface area contributed by atoms with Crippen LogP contribution in [0.5, 0.6) is 0 Å². The third-order valence-corrected chi connectivity index (χ3v) is 3.65. The minimum absolute atomic E-state index is 0.0873. The van der Waals surface area contributed by atoms with Crippen LogP contribution in [0.15, 0.2) is 0 Å². The molecule has 3 unspecified atom stereocenters. The molecular formula is C13H25N3O2. The fourth-order valence-corrected chi connectivity index (χ4v) is 2.57. The molecule has 1 heterocycles. The summed E-state index contributed by atoms with van der Waals surface area (Å²) in [6.45, 7) is 8.51. The quantitative estimate of drug-likeness (QED) is 0.664. The summed E-state index contributed by atoms with van der Waals surface area (Å²) >= 11 is 0. The van der Waals surface area contributed by atoms with Gasteiger partial charge in [0.15, 0.2) is 0 Å². The van der Waals surface area contributed by atoms with Crippen molar-refractivity contribution in [3.8, 4) is 0 Å². The van der Waals surface area contributed by atoms with Gasteiger partial charge in [-0.15, -0.1) is 0 Å². The summed E-state index contributed by atoms with van der Waals surface area (Å²) in [4.78, 5) is 23.9. The number of nitrogens with two attached hydrogens (primary N) is 1. The number of hydrogen-bond donors (Lipinski definition) is 3. The van der Waals surface area contributed by atoms with Crippen molar-refractivity contribution >= 4 is 11.8 Å². The Balaban J connectivity index is 2.77. The van der Waals surface area contributed by atoms with Gasteiger partial charge in [0.05, 0.1) is 0 Å². The molecule has 5 heteroatoms. The Kier molecular flexibility index (Phi) is 4.73. The van der Waals surface area contributed by atoms with Gasteiger partial charge in [0.1, 0.15) is 12.1 Å². The molecular weight excluding hydrogens is 230 g/mol. The molecule has 1 aliphatic rings. The first-order chi connectivity index (χ1) is 8.31. The molecule has 0 saturated carbocycles. The van der Waals surface area contributed by atoms with E-state index in [9.17, 15) is 9.59 Å². The molecule has 0 spiro atoms. The van der Waals surface area contributed by atoms with Crippen molar-refractivity contribution in [2.75, 3.05) is 6.54 Å². The van der Waals surface area contributed by atoms with E-state index in [0.29, 0.717) is 18.9 Å². The first-order valence-corrected chi connectivity index (χ1v) is 6.62. The minimum Gasteiger partial charge on any atom is -0.343 e. The molecule has 1 aliphatic heterocycles. The van der Waals surface area contributed by atoms with Crippen molar-refractivity contribution in [1.82, 2.24) is 10.6 Å². The highest BCUT2D eigenvalue weighted by molar-refractivity contribution is 5.97. The summed E-state index contributed by atoms with van der Waals surface area (Å²) in [6, 6.07) is -0.863. The zero-order chi connectivity index (χ0) is 13.9. The second kappa shape index (κ2) is 5.69. The van der Waals surface area contributed by atoms with Gasteiger partial charge >= 0.3 is 0 Å². The molecule has 1 rings (SSSR count). The molecule has 0 aliphatic carbocycles. The van der Waals surface area contributed by atoms with Crippen LogP contribution in [-0.4, -0.2) is 30.4 Å². The van der Waals surface area contributed by atoms with E-state index in [1.807, 2.05) is 20.8 Å². The Bertz CT molecular complexity index is 328. The van der Waals surface area contributed by atoms with E-state index < -0.39 is 12.1 Å². The summed E-state index contributed by atoms with van der Waals surface area (Å²) in [5.74, 6) is 0.153. The number of carbonyl (C=O) groups is 2. The Labute approximate surface area is 109 Å². The van der Waals surface area contributed by atoms with Crippen LogP contribution in [0.1, 0.15) is 40.5 Å². The molecule has 4 N–H and O–H groups in total. The fraction of sp³-hybridized carbons (Fsp3) is 0.846. The number of rotatable bonds is 5. The van der Waals surface area contributed by atoms with Crippen LogP contribution in [0.2, 0.25) is 0 Å². The molecule has 1 saturated heterocycles. The minimum atomic E-state index is -0.471. The maximum absolute atomic E-state index is 12.1. The maximum Gasteiger partial charge on any atom is 0.243 e. The van der Waals surface area contributed by atoms with Crippen LogP contribution in [-0.2, 0) is 9.59 Å². The Morgan fingerprint density at radius 1 is 1.28 bits per heavy atom. The molecule has 0 aromatic rings. The number of carbonyl (C=O) groups excluding carboxylic acids is 2. The van der Waals surface area contributed by atoms with E-state index >= 15 is 0 Å². The van der Waals surface area contributed by atoms with E-state index in [-0.39, 0.29) is 17.2 Å². The second-order valence-electron chi connectivity index (χ2n) is 5.94. The van der Waals surface area contributed by atoms with E-state index in [2.05, 4.69) is 17.6 Å². The van der Waals surface area contributed by atoms with Gasteiger partial charge in [-0.2, -0.15) is 0 Å². The highest BCUT2D eigenvalue weighted by atomic mass is 16.2. The van der Waals surface area contributed by atoms with E-state index in [1.54, 1.807) is 0 Å². The van der Waals surface area contributed by atoms with Gasteiger partial charge < -0.3 is 16.4 Å². The van der Waals surface area contributed by atoms with Crippen LogP contribution in [0.4, 0.5) is 0 Å². The van der Waals surface area contributed by atoms with Crippen molar-refractivity contribution < 1.29 is 9.59 Å². The van der Waals surface area contributed by atoms with E-state index in [1.165, 1.54) is 0 Å². The van der Waals surface area contributed by atoms with Gasteiger partial charge in [-0.25, -0.2) is 0 Å². The smallest absolute Gasteiger partial charge is 0.243 e. The molecule has 1 fully saturated rings. The summed E-state index contributed by atoms with van der Waals surface area (Å²) < 4.78 is 0. The topological polar surface area (TPSA) is 84.2 Å². The molecule has 0 aromatic carbocycles. The van der Waals surface area contributed by atoms with Crippen LogP contribution < -0.4 is 16.4 Å². The van der Waals surface area contributed by atoms with Gasteiger partial charge in [0, 0.05) is 0 Å². The van der Waals surface area contributed by atoms with Crippen LogP contribution in [0.3, 0.4) is 0 Å². The highest BCUT2D eigenvalue weighted by Gasteiger charge is 2.42. The molecule has 18 heavy (non-hydrogen) atoms. The Morgan fingerprint density at radius 3 is 2.39 bits per heavy atom. The van der Waals surface area contributed by atoms with Crippen LogP contribution in [0.25, 0.3) is 0 Å². The molecule has 0 bridgehead atoms. The standard InChI is InChI=1S/C13H25N3O2/c1-5-9-11(17)16-10(12(18)15-9)13(3,4)6-8(2)7-14/h8-10H,5-7,14H2,1-4H3,(H,15,18)(H,16,17). The molecule has 2 amide bonds. The lowest BCUT2D eigenvalue weighted by Crippen LogP contribution is -2.65. The van der Waals surface area contributed by atoms with Crippen LogP contribution >= 0.6 is 0 Å². The second-order valence-corrected chi connectivity index (χ2v) is 5.94. The largest absolute Gasteiger partial charge is 0.343 e. The van der Waals surface area contributed by atoms with E-state index in [4.69, 9.17) is 5.73 Å². The summed E-state index contributed by atoms with van der Waals surface area (Å²) in [6.07, 6.45) is 1.42. The molecule has 3 atom stereocenters. The maximum atomic E-state index is 12.1. The molecule has 5 nitrogen and oxygen atoms in total. The lowest BCUT2D eigenvalue weighted by molar-refractivity contribution is -0.140. The van der Waals surface area contributed by atoms with Gasteiger partial charge in [-0.3, -0.25) is 9.59 Å². The van der Waals surface area contributed by atoms with Crippen molar-refractivity contribution in [2.45, 2.75) is 52.6 Å². The number of nitrogens with one attached hydrogen (secondary N) is 2. The first-order valence-electron chi connectivity index (χ1n) is 6.62. The molecule has 0 radical (unpaired) electrons. The Hall–Kier alpha value is -1.10. The zero-order valence-corrected chi connectivity index (χ0v) is 11.7. The number of piperazine rings is 1. The van der Waals surface area contributed by atoms with Crippen LogP contribution in [0, 0.1) is 11.3 Å². The third kappa shape index (κ3) is 3.22. The van der Waals surface area contributed by atoms with Gasteiger partial charge in [-0.05, 0) is 30.7 Å². The number of amides is 2. The summed E-state index contributed by atoms with van der Waals surface area (Å²) in [5.41, 5.74) is 5.33. The summed E-state index contributed by atoms with van der Waals surface area (Å²) in [5, 5.41) is 5.63. The predicted octanol–water partition coefficient (Wildman–Crippen LogP) is 0.391. The predicted molar refractivity (Wildman–Crippen MR) is 70.8 cm³/mol. The lowest BCUT2D eigenvalue weighted by atomic mass is 9.75. The van der Waals surface area contributed by atoms with Gasteiger partial charge in [0.25, 0.3) is 0 Å². The fourth-order valence-electron chi connectivity index (χ4n) is 2.57. The highest BCUT2D eigenvalue weighted by Crippen LogP contribution is 2.30. The SMILES string of the molecule is CCC1NC(=O)C(C(C)(C)CC(C)CN)NC1=O. The lowest BCUT2D eigenvalue weighted by Gasteiger charge is -2.40. The van der Waals surface area contributed by atoms with Crippen molar-refractivity contribution in [2.24, 2.45) is 17.1 Å². The zero-order valence-electron chi connectivity index (χ0n) is 11.7. The van der Waals surface area contributed by atoms with Crippen molar-refractivity contribution in [1.29, 1.82) is 0 Å². The van der Waals surface area contributed by atoms with Gasteiger partial charge in [0.2, 0.25) is 11.8 Å². The monoisotopic (exact) mass is 255 g/mol. The average Bonchev–Trinajstić information content (AvgIpc) is 2.30. The summed E-state index contributed by atoms with van der Waals surface area (Å²) in [7, 11) is 0. The number of hydrogen-bond acceptors (Lipinski definition) is 3. The van der Waals surface area contributed by atoms with E-state index in [0.717, 1.165) is 6.42 Å². The average molecular weight is 255 g/mol. The first kappa shape index (κ1) is 15.0. The van der Waals surface area contributed by atoms with Crippen molar-refractivity contribution in [3.05, 3.63) is 0 Å². The Morgan fingerprint density at radius 2 is 1.89 bits per heavy atom. The van der Waals surface area contributed by atoms with Gasteiger partial charge in [-0.1, -0.05) is 27.7 Å². The normalized spacial score (nSPS) is 26.5. The molecule has 104 valence electrons. The molecule has 0 aromatic heterocycles. The van der Waals surface area contributed by atoms with Crippen molar-refractivity contribution in [3.63, 3.8) is 0 Å². The third-order valence-electron chi connectivity index (χ3n) is 3.65.